The van der Waals surface area contributed by atoms with E-state index in [0.717, 1.165) is 22.5 Å². The summed E-state index contributed by atoms with van der Waals surface area (Å²) in [5.74, 6) is 0.472. The molecule has 0 unspecified atom stereocenters. The average Bonchev–Trinajstić information content (AvgIpc) is 2.44. The summed E-state index contributed by atoms with van der Waals surface area (Å²) in [6, 6.07) is 14.2. The molecule has 0 aliphatic rings. The Balaban J connectivity index is 1.89. The molecule has 116 valence electrons. The lowest BCUT2D eigenvalue weighted by molar-refractivity contribution is -0.114. The van der Waals surface area contributed by atoms with Crippen LogP contribution in [0.15, 0.2) is 42.5 Å². The van der Waals surface area contributed by atoms with E-state index in [1.54, 1.807) is 0 Å². The van der Waals surface area contributed by atoms with Gasteiger partial charge < -0.3 is 10.6 Å². The fourth-order valence-electron chi connectivity index (χ4n) is 2.42. The number of carbonyl (C=O) groups excluding carboxylic acids is 1. The van der Waals surface area contributed by atoms with E-state index in [1.165, 1.54) is 5.56 Å². The first-order valence-electron chi connectivity index (χ1n) is 7.66. The molecule has 0 aliphatic carbocycles. The zero-order chi connectivity index (χ0) is 16.1. The number of nitrogens with one attached hydrogen (secondary N) is 2. The fraction of sp³-hybridized carbons (Fsp3) is 0.316. The first-order chi connectivity index (χ1) is 10.4. The van der Waals surface area contributed by atoms with Crippen LogP contribution < -0.4 is 10.6 Å². The zero-order valence-electron chi connectivity index (χ0n) is 13.7. The third kappa shape index (κ3) is 4.62. The lowest BCUT2D eigenvalue weighted by atomic mass is 10.0. The number of rotatable bonds is 5. The van der Waals surface area contributed by atoms with Crippen molar-refractivity contribution in [3.8, 4) is 0 Å². The lowest BCUT2D eigenvalue weighted by Crippen LogP contribution is -2.21. The van der Waals surface area contributed by atoms with Gasteiger partial charge in [0.05, 0.1) is 6.54 Å². The molecule has 22 heavy (non-hydrogen) atoms. The number of hydrogen-bond donors (Lipinski definition) is 2. The molecule has 2 aromatic rings. The van der Waals surface area contributed by atoms with Crippen molar-refractivity contribution in [2.75, 3.05) is 17.2 Å². The van der Waals surface area contributed by atoms with Crippen molar-refractivity contribution in [3.05, 3.63) is 59.2 Å². The molecule has 3 heteroatoms. The van der Waals surface area contributed by atoms with Crippen LogP contribution in [0.1, 0.15) is 36.5 Å². The van der Waals surface area contributed by atoms with Crippen LogP contribution in [0.5, 0.6) is 0 Å². The lowest BCUT2D eigenvalue weighted by Gasteiger charge is -2.10. The Labute approximate surface area is 132 Å². The average molecular weight is 296 g/mol. The highest BCUT2D eigenvalue weighted by Crippen LogP contribution is 2.17. The van der Waals surface area contributed by atoms with Crippen molar-refractivity contribution in [1.82, 2.24) is 0 Å². The molecule has 0 aromatic heterocycles. The van der Waals surface area contributed by atoms with Crippen LogP contribution >= 0.6 is 0 Å². The maximum Gasteiger partial charge on any atom is 0.243 e. The molecule has 2 rings (SSSR count). The maximum absolute atomic E-state index is 12.0. The number of aryl methyl sites for hydroxylation is 2. The molecule has 0 fully saturated rings. The highest BCUT2D eigenvalue weighted by molar-refractivity contribution is 5.93. The monoisotopic (exact) mass is 296 g/mol. The van der Waals surface area contributed by atoms with E-state index < -0.39 is 0 Å². The summed E-state index contributed by atoms with van der Waals surface area (Å²) in [4.78, 5) is 12.0. The standard InChI is InChI=1S/C19H24N2O/c1-13(2)16-5-7-17(8-6-16)20-12-19(22)21-18-10-14(3)9-15(4)11-18/h5-11,13,20H,12H2,1-4H3,(H,21,22). The van der Waals surface area contributed by atoms with E-state index in [-0.39, 0.29) is 12.5 Å². The van der Waals surface area contributed by atoms with E-state index in [2.05, 4.69) is 42.7 Å². The van der Waals surface area contributed by atoms with Gasteiger partial charge in [-0.1, -0.05) is 32.0 Å². The fourth-order valence-corrected chi connectivity index (χ4v) is 2.42. The van der Waals surface area contributed by atoms with Gasteiger partial charge in [-0.3, -0.25) is 4.79 Å². The minimum atomic E-state index is -0.0436. The van der Waals surface area contributed by atoms with Gasteiger partial charge in [-0.25, -0.2) is 0 Å². The van der Waals surface area contributed by atoms with Gasteiger partial charge in [0.25, 0.3) is 0 Å². The van der Waals surface area contributed by atoms with E-state index in [4.69, 9.17) is 0 Å². The first-order valence-corrected chi connectivity index (χ1v) is 7.66. The van der Waals surface area contributed by atoms with Crippen LogP contribution in [0, 0.1) is 13.8 Å². The molecular formula is C19H24N2O. The zero-order valence-corrected chi connectivity index (χ0v) is 13.7. The SMILES string of the molecule is Cc1cc(C)cc(NC(=O)CNc2ccc(C(C)C)cc2)c1. The Morgan fingerprint density at radius 3 is 2.09 bits per heavy atom. The van der Waals surface area contributed by atoms with Gasteiger partial charge in [0.15, 0.2) is 0 Å². The highest BCUT2D eigenvalue weighted by atomic mass is 16.1. The molecule has 0 spiro atoms. The molecule has 0 radical (unpaired) electrons. The third-order valence-electron chi connectivity index (χ3n) is 3.54. The highest BCUT2D eigenvalue weighted by Gasteiger charge is 2.04. The van der Waals surface area contributed by atoms with Crippen LogP contribution in [0.3, 0.4) is 0 Å². The summed E-state index contributed by atoms with van der Waals surface area (Å²) in [6.07, 6.45) is 0. The Bertz CT molecular complexity index is 625. The smallest absolute Gasteiger partial charge is 0.243 e. The van der Waals surface area contributed by atoms with Crippen molar-refractivity contribution < 1.29 is 4.79 Å². The Morgan fingerprint density at radius 1 is 0.955 bits per heavy atom. The minimum Gasteiger partial charge on any atom is -0.376 e. The molecule has 2 aromatic carbocycles. The predicted octanol–water partition coefficient (Wildman–Crippen LogP) is 4.48. The van der Waals surface area contributed by atoms with E-state index in [0.29, 0.717) is 5.92 Å². The summed E-state index contributed by atoms with van der Waals surface area (Å²) in [5, 5.41) is 6.07. The second-order valence-corrected chi connectivity index (χ2v) is 6.05. The van der Waals surface area contributed by atoms with Gasteiger partial charge in [-0.2, -0.15) is 0 Å². The van der Waals surface area contributed by atoms with Gasteiger partial charge >= 0.3 is 0 Å². The van der Waals surface area contributed by atoms with Crippen LogP contribution in [0.25, 0.3) is 0 Å². The summed E-state index contributed by atoms with van der Waals surface area (Å²) in [5.41, 5.74) is 5.39. The Morgan fingerprint density at radius 2 is 1.55 bits per heavy atom. The molecule has 0 heterocycles. The number of hydrogen-bond acceptors (Lipinski definition) is 2. The van der Waals surface area contributed by atoms with Gasteiger partial charge in [-0.15, -0.1) is 0 Å². The van der Waals surface area contributed by atoms with Gasteiger partial charge in [-0.05, 0) is 60.7 Å². The maximum atomic E-state index is 12.0. The van der Waals surface area contributed by atoms with Crippen molar-refractivity contribution >= 4 is 17.3 Å². The summed E-state index contributed by atoms with van der Waals surface area (Å²) >= 11 is 0. The molecule has 2 N–H and O–H groups in total. The largest absolute Gasteiger partial charge is 0.376 e. The van der Waals surface area contributed by atoms with E-state index in [9.17, 15) is 4.79 Å². The molecule has 0 atom stereocenters. The predicted molar refractivity (Wildman–Crippen MR) is 93.6 cm³/mol. The summed E-state index contributed by atoms with van der Waals surface area (Å²) in [7, 11) is 0. The Hall–Kier alpha value is -2.29. The molecule has 0 saturated carbocycles. The third-order valence-corrected chi connectivity index (χ3v) is 3.54. The number of amides is 1. The molecule has 3 nitrogen and oxygen atoms in total. The van der Waals surface area contributed by atoms with Crippen molar-refractivity contribution in [3.63, 3.8) is 0 Å². The van der Waals surface area contributed by atoms with E-state index in [1.807, 2.05) is 38.1 Å². The van der Waals surface area contributed by atoms with Crippen LogP contribution in [-0.4, -0.2) is 12.5 Å². The minimum absolute atomic E-state index is 0.0436. The second-order valence-electron chi connectivity index (χ2n) is 6.05. The van der Waals surface area contributed by atoms with Gasteiger partial charge in [0, 0.05) is 11.4 Å². The quantitative estimate of drug-likeness (QED) is 0.854. The van der Waals surface area contributed by atoms with Crippen molar-refractivity contribution in [2.45, 2.75) is 33.6 Å². The van der Waals surface area contributed by atoms with Crippen molar-refractivity contribution in [2.24, 2.45) is 0 Å². The van der Waals surface area contributed by atoms with Crippen LogP contribution in [-0.2, 0) is 4.79 Å². The first kappa shape index (κ1) is 16.1. The normalized spacial score (nSPS) is 10.6. The molecule has 0 saturated heterocycles. The van der Waals surface area contributed by atoms with Crippen molar-refractivity contribution in [1.29, 1.82) is 0 Å². The summed E-state index contributed by atoms with van der Waals surface area (Å²) < 4.78 is 0. The molecular weight excluding hydrogens is 272 g/mol. The number of benzene rings is 2. The summed E-state index contributed by atoms with van der Waals surface area (Å²) in [6.45, 7) is 8.64. The molecule has 1 amide bonds. The molecule has 0 bridgehead atoms. The van der Waals surface area contributed by atoms with Crippen LogP contribution in [0.4, 0.5) is 11.4 Å². The van der Waals surface area contributed by atoms with Gasteiger partial charge in [0.1, 0.15) is 0 Å². The Kier molecular flexibility index (Phi) is 5.21. The number of anilines is 2. The topological polar surface area (TPSA) is 41.1 Å². The van der Waals surface area contributed by atoms with E-state index >= 15 is 0 Å². The number of carbonyl (C=O) groups is 1. The van der Waals surface area contributed by atoms with Crippen LogP contribution in [0.2, 0.25) is 0 Å². The van der Waals surface area contributed by atoms with Gasteiger partial charge in [0.2, 0.25) is 5.91 Å². The second kappa shape index (κ2) is 7.12. The molecule has 0 aliphatic heterocycles.